The molecule has 0 radical (unpaired) electrons. The van der Waals surface area contributed by atoms with Crippen molar-refractivity contribution in [2.45, 2.75) is 39.7 Å². The molecule has 5 nitrogen and oxygen atoms in total. The summed E-state index contributed by atoms with van der Waals surface area (Å²) in [6, 6.07) is 3.99. The van der Waals surface area contributed by atoms with Crippen LogP contribution in [0.5, 0.6) is 0 Å². The maximum absolute atomic E-state index is 5.29. The molecular formula is C14H21N3O2. The van der Waals surface area contributed by atoms with Crippen molar-refractivity contribution in [1.29, 1.82) is 0 Å². The molecule has 1 unspecified atom stereocenters. The number of aromatic nitrogens is 2. The van der Waals surface area contributed by atoms with Crippen molar-refractivity contribution in [2.24, 2.45) is 5.92 Å². The second-order valence-corrected chi connectivity index (χ2v) is 5.00. The van der Waals surface area contributed by atoms with Crippen LogP contribution in [0.4, 0.5) is 0 Å². The summed E-state index contributed by atoms with van der Waals surface area (Å²) < 4.78 is 10.5. The van der Waals surface area contributed by atoms with E-state index in [4.69, 9.17) is 8.94 Å². The molecule has 1 atom stereocenters. The molecule has 2 heterocycles. The molecule has 104 valence electrons. The van der Waals surface area contributed by atoms with E-state index in [0.29, 0.717) is 29.4 Å². The molecule has 0 fully saturated rings. The lowest BCUT2D eigenvalue weighted by Crippen LogP contribution is -2.36. The zero-order chi connectivity index (χ0) is 13.7. The van der Waals surface area contributed by atoms with Crippen LogP contribution in [0.25, 0.3) is 11.6 Å². The SMILES string of the molecule is CCCNC(Cc1nc(-c2ccco2)no1)C(C)C. The molecule has 0 spiro atoms. The quantitative estimate of drug-likeness (QED) is 0.832. The summed E-state index contributed by atoms with van der Waals surface area (Å²) >= 11 is 0. The van der Waals surface area contributed by atoms with E-state index < -0.39 is 0 Å². The van der Waals surface area contributed by atoms with E-state index in [-0.39, 0.29) is 0 Å². The second-order valence-electron chi connectivity index (χ2n) is 5.00. The molecule has 2 rings (SSSR count). The van der Waals surface area contributed by atoms with Crippen molar-refractivity contribution in [3.05, 3.63) is 24.3 Å². The van der Waals surface area contributed by atoms with Crippen molar-refractivity contribution < 1.29 is 8.94 Å². The zero-order valence-electron chi connectivity index (χ0n) is 11.7. The minimum Gasteiger partial charge on any atom is -0.461 e. The van der Waals surface area contributed by atoms with Crippen LogP contribution in [0.3, 0.4) is 0 Å². The van der Waals surface area contributed by atoms with Gasteiger partial charge < -0.3 is 14.3 Å². The third-order valence-corrected chi connectivity index (χ3v) is 3.07. The lowest BCUT2D eigenvalue weighted by Gasteiger charge is -2.20. The van der Waals surface area contributed by atoms with Gasteiger partial charge in [0, 0.05) is 12.5 Å². The van der Waals surface area contributed by atoms with Gasteiger partial charge in [0.1, 0.15) is 0 Å². The second kappa shape index (κ2) is 6.52. The Bertz CT molecular complexity index is 477. The van der Waals surface area contributed by atoms with Gasteiger partial charge in [-0.25, -0.2) is 0 Å². The molecular weight excluding hydrogens is 242 g/mol. The highest BCUT2D eigenvalue weighted by molar-refractivity contribution is 5.44. The van der Waals surface area contributed by atoms with Crippen molar-refractivity contribution in [3.63, 3.8) is 0 Å². The average Bonchev–Trinajstić information content (AvgIpc) is 3.04. The fraction of sp³-hybridized carbons (Fsp3) is 0.571. The van der Waals surface area contributed by atoms with Crippen LogP contribution in [-0.2, 0) is 6.42 Å². The largest absolute Gasteiger partial charge is 0.461 e. The molecule has 19 heavy (non-hydrogen) atoms. The first-order chi connectivity index (χ1) is 9.20. The number of hydrogen-bond acceptors (Lipinski definition) is 5. The van der Waals surface area contributed by atoms with E-state index in [0.717, 1.165) is 19.4 Å². The Hall–Kier alpha value is -1.62. The number of nitrogens with zero attached hydrogens (tertiary/aromatic N) is 2. The zero-order valence-corrected chi connectivity index (χ0v) is 11.7. The number of furan rings is 1. The van der Waals surface area contributed by atoms with Crippen molar-refractivity contribution >= 4 is 0 Å². The van der Waals surface area contributed by atoms with Gasteiger partial charge in [-0.15, -0.1) is 0 Å². The number of rotatable bonds is 7. The van der Waals surface area contributed by atoms with Gasteiger partial charge in [-0.05, 0) is 31.0 Å². The molecule has 0 aliphatic rings. The Morgan fingerprint density at radius 2 is 2.21 bits per heavy atom. The Morgan fingerprint density at radius 1 is 1.37 bits per heavy atom. The molecule has 1 N–H and O–H groups in total. The third kappa shape index (κ3) is 3.67. The summed E-state index contributed by atoms with van der Waals surface area (Å²) in [5, 5.41) is 7.45. The first kappa shape index (κ1) is 13.8. The Kier molecular flexibility index (Phi) is 4.74. The maximum atomic E-state index is 5.29. The van der Waals surface area contributed by atoms with Gasteiger partial charge in [0.2, 0.25) is 11.7 Å². The molecule has 0 aliphatic carbocycles. The Balaban J connectivity index is 2.01. The van der Waals surface area contributed by atoms with E-state index in [2.05, 4.69) is 36.2 Å². The van der Waals surface area contributed by atoms with Crippen LogP contribution in [0.15, 0.2) is 27.3 Å². The molecule has 0 saturated carbocycles. The Morgan fingerprint density at radius 3 is 2.84 bits per heavy atom. The Labute approximate surface area is 113 Å². The summed E-state index contributed by atoms with van der Waals surface area (Å²) in [4.78, 5) is 4.37. The highest BCUT2D eigenvalue weighted by Crippen LogP contribution is 2.17. The molecule has 0 aromatic carbocycles. The van der Waals surface area contributed by atoms with Gasteiger partial charge in [-0.2, -0.15) is 4.98 Å². The lowest BCUT2D eigenvalue weighted by molar-refractivity contribution is 0.326. The van der Waals surface area contributed by atoms with Gasteiger partial charge in [-0.3, -0.25) is 0 Å². The van der Waals surface area contributed by atoms with Crippen LogP contribution in [0, 0.1) is 5.92 Å². The summed E-state index contributed by atoms with van der Waals surface area (Å²) in [6.07, 6.45) is 3.46. The van der Waals surface area contributed by atoms with Gasteiger partial charge >= 0.3 is 0 Å². The van der Waals surface area contributed by atoms with Crippen LogP contribution in [0.2, 0.25) is 0 Å². The smallest absolute Gasteiger partial charge is 0.238 e. The fourth-order valence-electron chi connectivity index (χ4n) is 1.91. The van der Waals surface area contributed by atoms with Crippen molar-refractivity contribution in [2.75, 3.05) is 6.54 Å². The van der Waals surface area contributed by atoms with E-state index in [1.165, 1.54) is 0 Å². The van der Waals surface area contributed by atoms with Gasteiger partial charge in [0.05, 0.1) is 6.26 Å². The predicted octanol–water partition coefficient (Wildman–Crippen LogP) is 2.90. The molecule has 0 amide bonds. The minimum atomic E-state index is 0.352. The van der Waals surface area contributed by atoms with Crippen LogP contribution >= 0.6 is 0 Å². The van der Waals surface area contributed by atoms with E-state index in [1.807, 2.05) is 12.1 Å². The monoisotopic (exact) mass is 263 g/mol. The van der Waals surface area contributed by atoms with Crippen molar-refractivity contribution in [1.82, 2.24) is 15.5 Å². The normalized spacial score (nSPS) is 13.1. The minimum absolute atomic E-state index is 0.352. The molecule has 0 saturated heterocycles. The standard InChI is InChI=1S/C14H21N3O2/c1-4-7-15-11(10(2)3)9-13-16-14(17-19-13)12-6-5-8-18-12/h5-6,8,10-11,15H,4,7,9H2,1-3H3. The first-order valence-electron chi connectivity index (χ1n) is 6.80. The molecule has 2 aromatic heterocycles. The van der Waals surface area contributed by atoms with Gasteiger partial charge in [0.15, 0.2) is 5.76 Å². The molecule has 0 bridgehead atoms. The van der Waals surface area contributed by atoms with E-state index >= 15 is 0 Å². The third-order valence-electron chi connectivity index (χ3n) is 3.07. The van der Waals surface area contributed by atoms with Gasteiger partial charge in [-0.1, -0.05) is 25.9 Å². The van der Waals surface area contributed by atoms with Crippen LogP contribution in [-0.4, -0.2) is 22.7 Å². The molecule has 2 aromatic rings. The fourth-order valence-corrected chi connectivity index (χ4v) is 1.91. The highest BCUT2D eigenvalue weighted by Gasteiger charge is 2.18. The number of nitrogens with one attached hydrogen (secondary N) is 1. The van der Waals surface area contributed by atoms with Crippen LogP contribution in [0.1, 0.15) is 33.1 Å². The van der Waals surface area contributed by atoms with Crippen LogP contribution < -0.4 is 5.32 Å². The van der Waals surface area contributed by atoms with E-state index in [1.54, 1.807) is 6.26 Å². The lowest BCUT2D eigenvalue weighted by atomic mass is 10.0. The summed E-state index contributed by atoms with van der Waals surface area (Å²) in [5.41, 5.74) is 0. The van der Waals surface area contributed by atoms with Gasteiger partial charge in [0.25, 0.3) is 0 Å². The average molecular weight is 263 g/mol. The summed E-state index contributed by atoms with van der Waals surface area (Å²) in [6.45, 7) is 7.54. The predicted molar refractivity (Wildman–Crippen MR) is 72.6 cm³/mol. The first-order valence-corrected chi connectivity index (χ1v) is 6.80. The summed E-state index contributed by atoms with van der Waals surface area (Å²) in [7, 11) is 0. The van der Waals surface area contributed by atoms with Crippen molar-refractivity contribution in [3.8, 4) is 11.6 Å². The maximum Gasteiger partial charge on any atom is 0.238 e. The molecule has 5 heteroatoms. The number of hydrogen-bond donors (Lipinski definition) is 1. The topological polar surface area (TPSA) is 64.1 Å². The molecule has 0 aliphatic heterocycles. The van der Waals surface area contributed by atoms with E-state index in [9.17, 15) is 0 Å². The highest BCUT2D eigenvalue weighted by atomic mass is 16.5. The summed E-state index contributed by atoms with van der Waals surface area (Å²) in [5.74, 6) is 2.31.